The molecule has 122 valence electrons. The van der Waals surface area contributed by atoms with E-state index < -0.39 is 0 Å². The van der Waals surface area contributed by atoms with Crippen LogP contribution in [0.1, 0.15) is 54.8 Å². The Kier molecular flexibility index (Phi) is 6.20. The van der Waals surface area contributed by atoms with Gasteiger partial charge in [0.15, 0.2) is 5.11 Å². The van der Waals surface area contributed by atoms with Crippen molar-refractivity contribution in [1.29, 1.82) is 0 Å². The molecule has 0 unspecified atom stereocenters. The van der Waals surface area contributed by atoms with E-state index in [2.05, 4.69) is 17.6 Å². The van der Waals surface area contributed by atoms with Gasteiger partial charge in [-0.25, -0.2) is 4.79 Å². The van der Waals surface area contributed by atoms with Gasteiger partial charge >= 0.3 is 5.97 Å². The first-order valence-corrected chi connectivity index (χ1v) is 9.08. The summed E-state index contributed by atoms with van der Waals surface area (Å²) < 4.78 is 5.06. The highest BCUT2D eigenvalue weighted by atomic mass is 32.1. The number of esters is 1. The second kappa shape index (κ2) is 7.92. The highest BCUT2D eigenvalue weighted by Crippen LogP contribution is 2.28. The second-order valence-corrected chi connectivity index (χ2v) is 7.27. The number of thiocarbonyl (C=S) groups is 1. The molecule has 2 rings (SSSR count). The van der Waals surface area contributed by atoms with Gasteiger partial charge in [0.1, 0.15) is 4.88 Å². The predicted molar refractivity (Wildman–Crippen MR) is 95.8 cm³/mol. The van der Waals surface area contributed by atoms with Crippen LogP contribution < -0.4 is 10.6 Å². The molecule has 0 aliphatic heterocycles. The number of thiophene rings is 1. The van der Waals surface area contributed by atoms with Gasteiger partial charge in [-0.2, -0.15) is 0 Å². The molecular formula is C16H24N2O2S2. The topological polar surface area (TPSA) is 50.4 Å². The van der Waals surface area contributed by atoms with Crippen molar-refractivity contribution in [1.82, 2.24) is 5.32 Å². The van der Waals surface area contributed by atoms with Gasteiger partial charge in [0.25, 0.3) is 0 Å². The molecule has 6 heteroatoms. The second-order valence-electron chi connectivity index (χ2n) is 5.81. The Hall–Kier alpha value is -1.14. The number of rotatable bonds is 4. The lowest BCUT2D eigenvalue weighted by Gasteiger charge is -2.30. The Labute approximate surface area is 141 Å². The lowest BCUT2D eigenvalue weighted by atomic mass is 9.86. The summed E-state index contributed by atoms with van der Waals surface area (Å²) in [4.78, 5) is 12.5. The summed E-state index contributed by atoms with van der Waals surface area (Å²) in [5.74, 6) is 0.381. The van der Waals surface area contributed by atoms with E-state index in [1.54, 1.807) is 0 Å². The fraction of sp³-hybridized carbons (Fsp3) is 0.625. The van der Waals surface area contributed by atoms with E-state index in [0.717, 1.165) is 10.6 Å². The maximum absolute atomic E-state index is 11.8. The average Bonchev–Trinajstić information content (AvgIpc) is 2.82. The van der Waals surface area contributed by atoms with Crippen molar-refractivity contribution in [2.24, 2.45) is 5.92 Å². The number of ether oxygens (including phenoxy) is 1. The molecule has 1 fully saturated rings. The third kappa shape index (κ3) is 4.43. The number of aryl methyl sites for hydroxylation is 1. The molecule has 1 aliphatic carbocycles. The summed E-state index contributed by atoms with van der Waals surface area (Å²) in [5, 5.41) is 8.12. The van der Waals surface area contributed by atoms with E-state index in [4.69, 9.17) is 17.0 Å². The van der Waals surface area contributed by atoms with Crippen LogP contribution in [0.2, 0.25) is 0 Å². The molecule has 2 N–H and O–H groups in total. The Bertz CT molecular complexity index is 542. The van der Waals surface area contributed by atoms with Crippen molar-refractivity contribution in [2.45, 2.75) is 52.5 Å². The van der Waals surface area contributed by atoms with Gasteiger partial charge in [-0.15, -0.1) is 11.3 Å². The quantitative estimate of drug-likeness (QED) is 0.638. The maximum atomic E-state index is 11.8. The molecule has 4 nitrogen and oxygen atoms in total. The van der Waals surface area contributed by atoms with E-state index >= 15 is 0 Å². The van der Waals surface area contributed by atoms with E-state index in [-0.39, 0.29) is 5.97 Å². The third-order valence-corrected chi connectivity index (χ3v) is 5.40. The molecule has 2 atom stereocenters. The molecule has 0 amide bonds. The smallest absolute Gasteiger partial charge is 0.348 e. The summed E-state index contributed by atoms with van der Waals surface area (Å²) in [7, 11) is 0. The lowest BCUT2D eigenvalue weighted by Crippen LogP contribution is -2.42. The van der Waals surface area contributed by atoms with Crippen molar-refractivity contribution in [3.63, 3.8) is 0 Å². The summed E-state index contributed by atoms with van der Waals surface area (Å²) in [6, 6.07) is 2.38. The Morgan fingerprint density at radius 3 is 2.86 bits per heavy atom. The number of nitrogens with one attached hydrogen (secondary N) is 2. The van der Waals surface area contributed by atoms with Gasteiger partial charge in [0, 0.05) is 6.04 Å². The van der Waals surface area contributed by atoms with Crippen molar-refractivity contribution in [3.05, 3.63) is 16.5 Å². The monoisotopic (exact) mass is 340 g/mol. The first-order chi connectivity index (χ1) is 10.5. The number of hydrogen-bond donors (Lipinski definition) is 2. The van der Waals surface area contributed by atoms with Crippen LogP contribution in [0.15, 0.2) is 6.07 Å². The van der Waals surface area contributed by atoms with Crippen LogP contribution in [0.25, 0.3) is 0 Å². The molecule has 1 saturated carbocycles. The molecule has 1 aromatic heterocycles. The Morgan fingerprint density at radius 2 is 2.18 bits per heavy atom. The van der Waals surface area contributed by atoms with Crippen LogP contribution in [-0.2, 0) is 4.74 Å². The Balaban J connectivity index is 1.94. The van der Waals surface area contributed by atoms with Crippen molar-refractivity contribution in [3.8, 4) is 0 Å². The third-order valence-electron chi connectivity index (χ3n) is 4.04. The predicted octanol–water partition coefficient (Wildman–Crippen LogP) is 4.10. The number of hydrogen-bond acceptors (Lipinski definition) is 4. The van der Waals surface area contributed by atoms with Gasteiger partial charge < -0.3 is 15.4 Å². The molecular weight excluding hydrogens is 316 g/mol. The first kappa shape index (κ1) is 17.2. The van der Waals surface area contributed by atoms with Crippen LogP contribution in [0, 0.1) is 12.8 Å². The molecule has 0 aromatic carbocycles. The molecule has 0 spiro atoms. The summed E-state index contributed by atoms with van der Waals surface area (Å²) in [5.41, 5.74) is 0.916. The minimum absolute atomic E-state index is 0.266. The maximum Gasteiger partial charge on any atom is 0.348 e. The van der Waals surface area contributed by atoms with Gasteiger partial charge in [-0.1, -0.05) is 19.8 Å². The molecule has 1 aromatic rings. The fourth-order valence-corrected chi connectivity index (χ4v) is 4.09. The van der Waals surface area contributed by atoms with Crippen molar-refractivity contribution >= 4 is 39.6 Å². The minimum atomic E-state index is -0.266. The van der Waals surface area contributed by atoms with Gasteiger partial charge in [-0.05, 0) is 56.5 Å². The largest absolute Gasteiger partial charge is 0.462 e. The van der Waals surface area contributed by atoms with Crippen LogP contribution >= 0.6 is 23.6 Å². The lowest BCUT2D eigenvalue weighted by molar-refractivity contribution is 0.0531. The van der Waals surface area contributed by atoms with Crippen molar-refractivity contribution < 1.29 is 9.53 Å². The highest BCUT2D eigenvalue weighted by molar-refractivity contribution is 7.80. The molecule has 1 heterocycles. The van der Waals surface area contributed by atoms with E-state index in [0.29, 0.717) is 28.6 Å². The minimum Gasteiger partial charge on any atom is -0.462 e. The summed E-state index contributed by atoms with van der Waals surface area (Å²) >= 11 is 6.79. The number of carbonyl (C=O) groups excluding carboxylic acids is 1. The Morgan fingerprint density at radius 1 is 1.45 bits per heavy atom. The molecule has 0 radical (unpaired) electrons. The van der Waals surface area contributed by atoms with Gasteiger partial charge in [0.2, 0.25) is 0 Å². The summed E-state index contributed by atoms with van der Waals surface area (Å²) in [6.07, 6.45) is 4.99. The fourth-order valence-electron chi connectivity index (χ4n) is 2.79. The van der Waals surface area contributed by atoms with E-state index in [1.807, 2.05) is 19.9 Å². The zero-order valence-electron chi connectivity index (χ0n) is 13.4. The van der Waals surface area contributed by atoms with Crippen molar-refractivity contribution in [2.75, 3.05) is 11.9 Å². The molecule has 22 heavy (non-hydrogen) atoms. The first-order valence-electron chi connectivity index (χ1n) is 7.86. The zero-order valence-corrected chi connectivity index (χ0v) is 15.0. The highest BCUT2D eigenvalue weighted by Gasteiger charge is 2.22. The van der Waals surface area contributed by atoms with E-state index in [9.17, 15) is 4.79 Å². The SMILES string of the molecule is CCOC(=O)c1sc(NC(=S)N[C@@H]2CCCC[C@@H]2C)cc1C. The van der Waals surface area contributed by atoms with Crippen LogP contribution in [0.5, 0.6) is 0 Å². The zero-order chi connectivity index (χ0) is 16.1. The molecule has 0 saturated heterocycles. The van der Waals surface area contributed by atoms with Gasteiger partial charge in [-0.3, -0.25) is 0 Å². The molecule has 1 aliphatic rings. The van der Waals surface area contributed by atoms with Gasteiger partial charge in [0.05, 0.1) is 11.6 Å². The van der Waals surface area contributed by atoms with Crippen LogP contribution in [-0.4, -0.2) is 23.7 Å². The standard InChI is InChI=1S/C16H24N2O2S2/c1-4-20-15(19)14-11(3)9-13(22-14)18-16(21)17-12-8-6-5-7-10(12)2/h9-10,12H,4-8H2,1-3H3,(H2,17,18,21)/t10-,12+/m0/s1. The summed E-state index contributed by atoms with van der Waals surface area (Å²) in [6.45, 7) is 6.38. The van der Waals surface area contributed by atoms with Crippen LogP contribution in [0.3, 0.4) is 0 Å². The number of anilines is 1. The average molecular weight is 341 g/mol. The van der Waals surface area contributed by atoms with Crippen LogP contribution in [0.4, 0.5) is 5.00 Å². The number of carbonyl (C=O) groups is 1. The normalized spacial score (nSPS) is 21.2. The molecule has 0 bridgehead atoms. The van der Waals surface area contributed by atoms with E-state index in [1.165, 1.54) is 37.0 Å².